The number of allylic oxidation sites excluding steroid dienone is 3. The summed E-state index contributed by atoms with van der Waals surface area (Å²) in [6.07, 6.45) is 5.06. The molecule has 1 aliphatic heterocycles. The summed E-state index contributed by atoms with van der Waals surface area (Å²) in [6.45, 7) is 0. The Balaban J connectivity index is 2.59. The van der Waals surface area contributed by atoms with E-state index in [1.165, 1.54) is 0 Å². The molecule has 0 bridgehead atoms. The van der Waals surface area contributed by atoms with E-state index in [0.29, 0.717) is 11.3 Å². The zero-order chi connectivity index (χ0) is 9.64. The van der Waals surface area contributed by atoms with E-state index >= 15 is 0 Å². The minimum absolute atomic E-state index is 0.362. The number of carbonyl (C=O) groups excluding carboxylic acids is 2. The number of halogens is 2. The van der Waals surface area contributed by atoms with Gasteiger partial charge in [-0.2, -0.15) is 0 Å². The zero-order valence-electron chi connectivity index (χ0n) is 6.25. The molecule has 0 aromatic rings. The molecule has 0 saturated carbocycles. The number of rotatable bonds is 0. The van der Waals surface area contributed by atoms with Crippen LogP contribution in [0.4, 0.5) is 0 Å². The minimum Gasteiger partial charge on any atom is -0.283 e. The second-order valence-electron chi connectivity index (χ2n) is 2.66. The van der Waals surface area contributed by atoms with Crippen LogP contribution in [0.15, 0.2) is 28.8 Å². The summed E-state index contributed by atoms with van der Waals surface area (Å²) in [5.41, 5.74) is 0.797. The van der Waals surface area contributed by atoms with Crippen molar-refractivity contribution in [3.8, 4) is 0 Å². The van der Waals surface area contributed by atoms with Crippen molar-refractivity contribution in [1.29, 1.82) is 0 Å². The fraction of sp³-hybridized carbons (Fsp3) is 0.125. The minimum atomic E-state index is -0.701. The number of Topliss-reactive ketones (excluding diaryl/α,β-unsaturated/α-hetero) is 1. The van der Waals surface area contributed by atoms with Crippen LogP contribution in [-0.2, 0) is 9.59 Å². The maximum absolute atomic E-state index is 11.2. The van der Waals surface area contributed by atoms with Gasteiger partial charge in [-0.05, 0) is 6.08 Å². The third kappa shape index (κ3) is 1.26. The van der Waals surface area contributed by atoms with Crippen LogP contribution in [0.25, 0.3) is 0 Å². The fourth-order valence-electron chi connectivity index (χ4n) is 1.19. The number of aliphatic imine (C=N–C) groups is 1. The molecule has 1 amide bonds. The normalized spacial score (nSPS) is 24.2. The Morgan fingerprint density at radius 1 is 1.31 bits per heavy atom. The number of hydrogen-bond acceptors (Lipinski definition) is 2. The van der Waals surface area contributed by atoms with Crippen molar-refractivity contribution in [3.05, 3.63) is 23.8 Å². The molecule has 2 aliphatic rings. The lowest BCUT2D eigenvalue weighted by atomic mass is 10.0. The summed E-state index contributed by atoms with van der Waals surface area (Å²) in [6, 6.07) is 0. The number of ketones is 1. The number of alkyl halides is 2. The topological polar surface area (TPSA) is 46.5 Å². The molecule has 0 radical (unpaired) electrons. The lowest BCUT2D eigenvalue weighted by Gasteiger charge is -2.18. The van der Waals surface area contributed by atoms with Crippen molar-refractivity contribution >= 4 is 49.3 Å². The molecule has 0 spiro atoms. The highest BCUT2D eigenvalue weighted by Crippen LogP contribution is 2.37. The Kier molecular flexibility index (Phi) is 1.89. The van der Waals surface area contributed by atoms with Gasteiger partial charge in [-0.1, -0.05) is 44.0 Å². The van der Waals surface area contributed by atoms with Gasteiger partial charge < -0.3 is 0 Å². The average molecular weight is 305 g/mol. The van der Waals surface area contributed by atoms with Crippen molar-refractivity contribution in [2.75, 3.05) is 0 Å². The fourth-order valence-corrected chi connectivity index (χ4v) is 2.10. The van der Waals surface area contributed by atoms with E-state index < -0.39 is 14.9 Å². The first-order valence-electron chi connectivity index (χ1n) is 3.48. The Morgan fingerprint density at radius 3 is 2.62 bits per heavy atom. The molecule has 0 N–H and O–H groups in total. The smallest absolute Gasteiger partial charge is 0.283 e. The third-order valence-electron chi connectivity index (χ3n) is 1.79. The van der Waals surface area contributed by atoms with Gasteiger partial charge in [0.05, 0.1) is 11.3 Å². The first-order valence-corrected chi connectivity index (χ1v) is 5.06. The van der Waals surface area contributed by atoms with Crippen LogP contribution in [0.2, 0.25) is 0 Å². The maximum atomic E-state index is 11.2. The molecule has 0 atom stereocenters. The molecule has 2 rings (SSSR count). The predicted molar refractivity (Wildman–Crippen MR) is 55.3 cm³/mol. The lowest BCUT2D eigenvalue weighted by Crippen LogP contribution is -2.26. The van der Waals surface area contributed by atoms with Gasteiger partial charge in [-0.25, -0.2) is 4.99 Å². The van der Waals surface area contributed by atoms with Gasteiger partial charge in [0.25, 0.3) is 5.78 Å². The van der Waals surface area contributed by atoms with Crippen LogP contribution in [0.3, 0.4) is 0 Å². The van der Waals surface area contributed by atoms with E-state index in [1.807, 2.05) is 0 Å². The van der Waals surface area contributed by atoms with Gasteiger partial charge in [0.2, 0.25) is 0 Å². The monoisotopic (exact) mass is 303 g/mol. The molecule has 3 nitrogen and oxygen atoms in total. The molecular formula is C8H3Br2NO2. The largest absolute Gasteiger partial charge is 0.318 e. The second kappa shape index (κ2) is 2.72. The van der Waals surface area contributed by atoms with Gasteiger partial charge >= 0.3 is 5.91 Å². The van der Waals surface area contributed by atoms with E-state index in [-0.39, 0.29) is 0 Å². The number of hydrogen-bond donors (Lipinski definition) is 0. The Hall–Kier alpha value is -0.550. The third-order valence-corrected chi connectivity index (χ3v) is 3.07. The quantitative estimate of drug-likeness (QED) is 0.503. The van der Waals surface area contributed by atoms with Crippen LogP contribution in [-0.4, -0.2) is 20.6 Å². The number of amides is 1. The van der Waals surface area contributed by atoms with Crippen LogP contribution in [0.1, 0.15) is 0 Å². The Bertz CT molecular complexity index is 404. The number of nitrogens with zero attached hydrogens (tertiary/aromatic N) is 1. The molecule has 1 heterocycles. The van der Waals surface area contributed by atoms with Gasteiger partial charge in [0.15, 0.2) is 0 Å². The number of fused-ring (bicyclic) bond motifs is 1. The summed E-state index contributed by atoms with van der Waals surface area (Å²) >= 11 is 6.62. The van der Waals surface area contributed by atoms with E-state index in [0.717, 1.165) is 0 Å². The first-order chi connectivity index (χ1) is 6.02. The molecule has 0 saturated heterocycles. The molecule has 13 heavy (non-hydrogen) atoms. The molecule has 0 aromatic heterocycles. The van der Waals surface area contributed by atoms with Crippen molar-refractivity contribution in [2.45, 2.75) is 3.23 Å². The van der Waals surface area contributed by atoms with E-state index in [4.69, 9.17) is 0 Å². The highest BCUT2D eigenvalue weighted by molar-refractivity contribution is 9.26. The molecule has 5 heteroatoms. The summed E-state index contributed by atoms with van der Waals surface area (Å²) in [5.74, 6) is -1.24. The van der Waals surface area contributed by atoms with Gasteiger partial charge in [0, 0.05) is 0 Å². The molecule has 0 unspecified atom stereocenters. The van der Waals surface area contributed by atoms with E-state index in [1.54, 1.807) is 18.2 Å². The van der Waals surface area contributed by atoms with Crippen molar-refractivity contribution < 1.29 is 9.59 Å². The molecular weight excluding hydrogens is 302 g/mol. The molecule has 0 fully saturated rings. The van der Waals surface area contributed by atoms with Gasteiger partial charge in [0.1, 0.15) is 3.23 Å². The van der Waals surface area contributed by atoms with E-state index in [2.05, 4.69) is 36.9 Å². The Labute approximate surface area is 90.9 Å². The highest BCUT2D eigenvalue weighted by atomic mass is 79.9. The zero-order valence-corrected chi connectivity index (χ0v) is 9.42. The summed E-state index contributed by atoms with van der Waals surface area (Å²) in [4.78, 5) is 25.9. The number of carbonyl (C=O) groups is 2. The summed E-state index contributed by atoms with van der Waals surface area (Å²) < 4.78 is -0.675. The van der Waals surface area contributed by atoms with Crippen LogP contribution in [0, 0.1) is 0 Å². The SMILES string of the molecule is O=C1N=C2C(=CC=CC2(Br)Br)C1=O. The standard InChI is InChI=1S/C8H3Br2NO2/c9-8(10)3-1-2-4-5(12)7(13)11-6(4)8/h1-3H. The lowest BCUT2D eigenvalue weighted by molar-refractivity contribution is -0.132. The molecule has 66 valence electrons. The first kappa shape index (κ1) is 9.02. The van der Waals surface area contributed by atoms with Crippen LogP contribution >= 0.6 is 31.9 Å². The van der Waals surface area contributed by atoms with E-state index in [9.17, 15) is 9.59 Å². The highest BCUT2D eigenvalue weighted by Gasteiger charge is 2.41. The van der Waals surface area contributed by atoms with Crippen LogP contribution in [0.5, 0.6) is 0 Å². The Morgan fingerprint density at radius 2 is 2.00 bits per heavy atom. The van der Waals surface area contributed by atoms with Crippen LogP contribution < -0.4 is 0 Å². The average Bonchev–Trinajstić information content (AvgIpc) is 2.32. The van der Waals surface area contributed by atoms with Gasteiger partial charge in [-0.3, -0.25) is 9.59 Å². The summed E-state index contributed by atoms with van der Waals surface area (Å²) in [7, 11) is 0. The van der Waals surface area contributed by atoms with Crippen molar-refractivity contribution in [2.24, 2.45) is 4.99 Å². The maximum Gasteiger partial charge on any atom is 0.318 e. The second-order valence-corrected chi connectivity index (χ2v) is 6.22. The molecule has 1 aliphatic carbocycles. The predicted octanol–water partition coefficient (Wildman–Crippen LogP) is 1.52. The van der Waals surface area contributed by atoms with Crippen molar-refractivity contribution in [3.63, 3.8) is 0 Å². The summed E-state index contributed by atoms with van der Waals surface area (Å²) in [5, 5.41) is 0. The molecule has 0 aromatic carbocycles. The van der Waals surface area contributed by atoms with Gasteiger partial charge in [-0.15, -0.1) is 0 Å². The van der Waals surface area contributed by atoms with Crippen molar-refractivity contribution in [1.82, 2.24) is 0 Å².